The Morgan fingerprint density at radius 3 is 2.62 bits per heavy atom. The fourth-order valence-corrected chi connectivity index (χ4v) is 2.41. The molecule has 0 unspecified atom stereocenters. The molecule has 0 saturated heterocycles. The van der Waals surface area contributed by atoms with Gasteiger partial charge in [-0.05, 0) is 31.2 Å². The molecule has 0 spiro atoms. The van der Waals surface area contributed by atoms with Crippen molar-refractivity contribution >= 4 is 17.7 Å². The number of methoxy groups -OCH3 is 1. The number of thioether (sulfide) groups is 1. The van der Waals surface area contributed by atoms with Crippen LogP contribution in [0, 0.1) is 6.92 Å². The number of benzene rings is 1. The molecule has 21 heavy (non-hydrogen) atoms. The van der Waals surface area contributed by atoms with E-state index in [0.29, 0.717) is 11.6 Å². The van der Waals surface area contributed by atoms with E-state index < -0.39 is 5.91 Å². The molecule has 1 aromatic heterocycles. The second-order valence-electron chi connectivity index (χ2n) is 4.17. The van der Waals surface area contributed by atoms with Gasteiger partial charge in [0.25, 0.3) is 0 Å². The fourth-order valence-electron chi connectivity index (χ4n) is 1.66. The minimum Gasteiger partial charge on any atom is -0.667 e. The van der Waals surface area contributed by atoms with Crippen molar-refractivity contribution in [3.63, 3.8) is 0 Å². The zero-order valence-electron chi connectivity index (χ0n) is 12.3. The molecule has 2 aromatic rings. The van der Waals surface area contributed by atoms with Crippen LogP contribution < -0.4 is 62.9 Å². The second kappa shape index (κ2) is 9.10. The van der Waals surface area contributed by atoms with Gasteiger partial charge < -0.3 is 19.7 Å². The number of nitrogens with zero attached hydrogens (tertiary/aromatic N) is 1. The largest absolute Gasteiger partial charge is 1.00 e. The van der Waals surface area contributed by atoms with Crippen LogP contribution in [0.1, 0.15) is 11.5 Å². The molecule has 1 aromatic carbocycles. The zero-order chi connectivity index (χ0) is 14.5. The molecule has 0 radical (unpaired) electrons. The first-order valence-electron chi connectivity index (χ1n) is 6.03. The number of ether oxygens (including phenoxy) is 1. The Bertz CT molecular complexity index is 599. The molecule has 7 heteroatoms. The third-order valence-corrected chi connectivity index (χ3v) is 3.65. The Kier molecular flexibility index (Phi) is 8.19. The topological polar surface area (TPSA) is 76.1 Å². The SMILES string of the molecule is COc1ccc(-c2nc(CSCC([NH-])=O)c(C)o2)cc1.[Rb+]. The Morgan fingerprint density at radius 2 is 2.05 bits per heavy atom. The van der Waals surface area contributed by atoms with Gasteiger partial charge in [0.05, 0.1) is 18.7 Å². The van der Waals surface area contributed by atoms with Gasteiger partial charge in [-0.2, -0.15) is 0 Å². The molecule has 1 amide bonds. The number of hydrogen-bond acceptors (Lipinski definition) is 5. The van der Waals surface area contributed by atoms with Crippen LogP contribution in [-0.4, -0.2) is 23.8 Å². The number of carbonyl (C=O) groups is 1. The fraction of sp³-hybridized carbons (Fsp3) is 0.286. The van der Waals surface area contributed by atoms with E-state index in [1.165, 1.54) is 11.8 Å². The van der Waals surface area contributed by atoms with E-state index in [9.17, 15) is 4.79 Å². The summed E-state index contributed by atoms with van der Waals surface area (Å²) in [4.78, 5) is 15.0. The molecule has 0 aliphatic heterocycles. The van der Waals surface area contributed by atoms with Crippen LogP contribution in [0.3, 0.4) is 0 Å². The quantitative estimate of drug-likeness (QED) is 0.732. The predicted molar refractivity (Wildman–Crippen MR) is 78.7 cm³/mol. The molecule has 0 fully saturated rings. The molecule has 5 nitrogen and oxygen atoms in total. The summed E-state index contributed by atoms with van der Waals surface area (Å²) in [5.74, 6) is 2.23. The number of rotatable bonds is 6. The van der Waals surface area contributed by atoms with E-state index in [1.54, 1.807) is 7.11 Å². The van der Waals surface area contributed by atoms with E-state index >= 15 is 0 Å². The third-order valence-electron chi connectivity index (χ3n) is 2.70. The average molecular weight is 377 g/mol. The summed E-state index contributed by atoms with van der Waals surface area (Å²) >= 11 is 1.36. The van der Waals surface area contributed by atoms with Gasteiger partial charge in [0.2, 0.25) is 5.89 Å². The zero-order valence-corrected chi connectivity index (χ0v) is 18.0. The van der Waals surface area contributed by atoms with Gasteiger partial charge in [0.15, 0.2) is 0 Å². The van der Waals surface area contributed by atoms with Gasteiger partial charge in [-0.25, -0.2) is 4.98 Å². The maximum atomic E-state index is 10.6. The summed E-state index contributed by atoms with van der Waals surface area (Å²) in [6.45, 7) is 1.85. The van der Waals surface area contributed by atoms with Gasteiger partial charge >= 0.3 is 58.2 Å². The molecule has 2 rings (SSSR count). The predicted octanol–water partition coefficient (Wildman–Crippen LogP) is 0.475. The molecule has 0 aliphatic carbocycles. The van der Waals surface area contributed by atoms with Crippen molar-refractivity contribution in [3.8, 4) is 17.2 Å². The summed E-state index contributed by atoms with van der Waals surface area (Å²) in [6, 6.07) is 7.47. The Morgan fingerprint density at radius 1 is 1.38 bits per heavy atom. The van der Waals surface area contributed by atoms with Crippen LogP contribution in [0.4, 0.5) is 0 Å². The van der Waals surface area contributed by atoms with Crippen molar-refractivity contribution < 1.29 is 72.1 Å². The minimum absolute atomic E-state index is 0. The second-order valence-corrected chi connectivity index (χ2v) is 5.15. The standard InChI is InChI=1S/C14H16N2O3S.Rb/c1-9-12(7-20-8-13(15)17)16-14(19-9)10-3-5-11(18-2)6-4-10;/h3-6H,7-8H2,1-2H3,(H2,15,17);/q;+1/p-1. The van der Waals surface area contributed by atoms with E-state index in [0.717, 1.165) is 22.8 Å². The van der Waals surface area contributed by atoms with E-state index in [2.05, 4.69) is 4.98 Å². The number of hydrogen-bond donors (Lipinski definition) is 0. The molecular formula is C14H15N2O3RbS. The Hall–Kier alpha value is -0.145. The summed E-state index contributed by atoms with van der Waals surface area (Å²) in [5, 5.41) is 0. The first-order valence-corrected chi connectivity index (χ1v) is 7.18. The van der Waals surface area contributed by atoms with Gasteiger partial charge in [-0.3, -0.25) is 0 Å². The van der Waals surface area contributed by atoms with Crippen LogP contribution in [0.2, 0.25) is 0 Å². The molecule has 106 valence electrons. The number of oxazole rings is 1. The van der Waals surface area contributed by atoms with Crippen molar-refractivity contribution in [2.24, 2.45) is 0 Å². The number of carbonyl (C=O) groups excluding carboxylic acids is 1. The van der Waals surface area contributed by atoms with Crippen molar-refractivity contribution in [1.29, 1.82) is 0 Å². The number of aromatic nitrogens is 1. The van der Waals surface area contributed by atoms with Gasteiger partial charge in [-0.1, -0.05) is 0 Å². The van der Waals surface area contributed by atoms with Crippen LogP contribution in [-0.2, 0) is 10.5 Å². The monoisotopic (exact) mass is 376 g/mol. The van der Waals surface area contributed by atoms with Crippen molar-refractivity contribution in [3.05, 3.63) is 41.5 Å². The molecule has 1 N–H and O–H groups in total. The Balaban J connectivity index is 0.00000220. The van der Waals surface area contributed by atoms with Crippen LogP contribution in [0.25, 0.3) is 17.2 Å². The first kappa shape index (κ1) is 18.9. The maximum Gasteiger partial charge on any atom is 1.00 e. The number of amides is 1. The average Bonchev–Trinajstić information content (AvgIpc) is 2.80. The van der Waals surface area contributed by atoms with Crippen molar-refractivity contribution in [1.82, 2.24) is 4.98 Å². The van der Waals surface area contributed by atoms with E-state index in [-0.39, 0.29) is 63.9 Å². The van der Waals surface area contributed by atoms with Crippen LogP contribution >= 0.6 is 11.8 Å². The van der Waals surface area contributed by atoms with Crippen LogP contribution in [0.15, 0.2) is 28.7 Å². The van der Waals surface area contributed by atoms with Gasteiger partial charge in [-0.15, -0.1) is 11.8 Å². The first-order chi connectivity index (χ1) is 9.60. The molecule has 0 saturated carbocycles. The Labute approximate surface area is 176 Å². The van der Waals surface area contributed by atoms with Gasteiger partial charge in [0, 0.05) is 17.1 Å². The number of aryl methyl sites for hydroxylation is 1. The molecule has 0 bridgehead atoms. The molecule has 0 aliphatic rings. The molecular weight excluding hydrogens is 362 g/mol. The van der Waals surface area contributed by atoms with E-state index in [1.807, 2.05) is 31.2 Å². The summed E-state index contributed by atoms with van der Waals surface area (Å²) in [7, 11) is 1.62. The normalized spacial score (nSPS) is 10.0. The van der Waals surface area contributed by atoms with Crippen molar-refractivity contribution in [2.45, 2.75) is 12.7 Å². The minimum atomic E-state index is -0.577. The molecule has 0 atom stereocenters. The summed E-state index contributed by atoms with van der Waals surface area (Å²) < 4.78 is 10.7. The summed E-state index contributed by atoms with van der Waals surface area (Å²) in [5.41, 5.74) is 8.54. The van der Waals surface area contributed by atoms with Gasteiger partial charge in [0.1, 0.15) is 11.5 Å². The number of nitrogens with one attached hydrogen (secondary N) is 1. The van der Waals surface area contributed by atoms with E-state index in [4.69, 9.17) is 14.9 Å². The summed E-state index contributed by atoms with van der Waals surface area (Å²) in [6.07, 6.45) is 0. The smallest absolute Gasteiger partial charge is 0.667 e. The van der Waals surface area contributed by atoms with Crippen LogP contribution in [0.5, 0.6) is 5.75 Å². The third kappa shape index (κ3) is 5.52. The molecule has 1 heterocycles. The maximum absolute atomic E-state index is 10.6. The van der Waals surface area contributed by atoms with Crippen molar-refractivity contribution in [2.75, 3.05) is 12.9 Å².